The summed E-state index contributed by atoms with van der Waals surface area (Å²) in [6.45, 7) is 2.03. The van der Waals surface area contributed by atoms with E-state index in [0.717, 1.165) is 24.0 Å². The second-order valence-corrected chi connectivity index (χ2v) is 7.82. The lowest BCUT2D eigenvalue weighted by atomic mass is 10.1. The van der Waals surface area contributed by atoms with Gasteiger partial charge in [0.15, 0.2) is 6.61 Å². The Balaban J connectivity index is 1.32. The molecule has 2 aromatic carbocycles. The summed E-state index contributed by atoms with van der Waals surface area (Å²) in [4.78, 5) is 41.6. The van der Waals surface area contributed by atoms with Gasteiger partial charge < -0.3 is 10.1 Å². The van der Waals surface area contributed by atoms with E-state index in [9.17, 15) is 14.4 Å². The number of nitrogens with one attached hydrogen (secondary N) is 1. The van der Waals surface area contributed by atoms with Crippen LogP contribution in [0.1, 0.15) is 42.3 Å². The van der Waals surface area contributed by atoms with Gasteiger partial charge in [-0.15, -0.1) is 0 Å². The van der Waals surface area contributed by atoms with Crippen LogP contribution in [0.5, 0.6) is 0 Å². The number of para-hydroxylation sites is 1. The summed E-state index contributed by atoms with van der Waals surface area (Å²) in [7, 11) is 0. The minimum Gasteiger partial charge on any atom is -0.456 e. The molecule has 1 fully saturated rings. The molecule has 1 aliphatic rings. The van der Waals surface area contributed by atoms with Crippen LogP contribution in [0.25, 0.3) is 10.9 Å². The molecule has 0 unspecified atom stereocenters. The summed E-state index contributed by atoms with van der Waals surface area (Å²) in [5.41, 5.74) is 2.67. The Morgan fingerprint density at radius 2 is 1.87 bits per heavy atom. The summed E-state index contributed by atoms with van der Waals surface area (Å²) < 4.78 is 6.82. The first-order valence-corrected chi connectivity index (χ1v) is 10.5. The van der Waals surface area contributed by atoms with E-state index in [-0.39, 0.29) is 30.5 Å². The second kappa shape index (κ2) is 9.12. The zero-order valence-electron chi connectivity index (χ0n) is 17.5. The molecule has 1 aromatic heterocycles. The molecule has 1 N–H and O–H groups in total. The van der Waals surface area contributed by atoms with E-state index in [0.29, 0.717) is 29.7 Å². The molecule has 0 aliphatic heterocycles. The van der Waals surface area contributed by atoms with Crippen molar-refractivity contribution >= 4 is 22.8 Å². The number of aromatic nitrogens is 2. The monoisotopic (exact) mass is 419 g/mol. The fraction of sp³-hybridized carbons (Fsp3) is 0.333. The average molecular weight is 419 g/mol. The van der Waals surface area contributed by atoms with Gasteiger partial charge in [0.05, 0.1) is 17.3 Å². The first kappa shape index (κ1) is 20.8. The van der Waals surface area contributed by atoms with Crippen LogP contribution in [-0.2, 0) is 27.3 Å². The molecule has 31 heavy (non-hydrogen) atoms. The van der Waals surface area contributed by atoms with Gasteiger partial charge in [0.2, 0.25) is 0 Å². The number of hydrogen-bond acceptors (Lipinski definition) is 5. The molecule has 0 radical (unpaired) electrons. The molecule has 3 aromatic rings. The first-order chi connectivity index (χ1) is 15.0. The molecule has 0 spiro atoms. The van der Waals surface area contributed by atoms with Crippen molar-refractivity contribution in [3.63, 3.8) is 0 Å². The van der Waals surface area contributed by atoms with E-state index in [4.69, 9.17) is 4.74 Å². The summed E-state index contributed by atoms with van der Waals surface area (Å²) >= 11 is 0. The van der Waals surface area contributed by atoms with Gasteiger partial charge in [0.1, 0.15) is 5.82 Å². The van der Waals surface area contributed by atoms with Crippen molar-refractivity contribution in [3.05, 3.63) is 75.8 Å². The Labute approximate surface area is 180 Å². The smallest absolute Gasteiger partial charge is 0.306 e. The normalized spacial score (nSPS) is 13.2. The third-order valence-electron chi connectivity index (χ3n) is 5.45. The van der Waals surface area contributed by atoms with E-state index in [1.807, 2.05) is 43.3 Å². The fourth-order valence-electron chi connectivity index (χ4n) is 3.56. The fourth-order valence-corrected chi connectivity index (χ4v) is 3.56. The summed E-state index contributed by atoms with van der Waals surface area (Å²) in [6, 6.07) is 15.2. The Morgan fingerprint density at radius 3 is 2.65 bits per heavy atom. The Morgan fingerprint density at radius 1 is 1.13 bits per heavy atom. The van der Waals surface area contributed by atoms with Crippen LogP contribution in [0.2, 0.25) is 0 Å². The highest BCUT2D eigenvalue weighted by atomic mass is 16.5. The number of amides is 1. The zero-order valence-corrected chi connectivity index (χ0v) is 17.5. The number of aryl methyl sites for hydroxylation is 2. The van der Waals surface area contributed by atoms with Gasteiger partial charge in [0, 0.05) is 19.0 Å². The minimum atomic E-state index is -0.490. The molecule has 0 bridgehead atoms. The Hall–Kier alpha value is -3.48. The molecule has 1 aliphatic carbocycles. The number of fused-ring (bicyclic) bond motifs is 1. The van der Waals surface area contributed by atoms with E-state index < -0.39 is 5.97 Å². The molecule has 0 atom stereocenters. The van der Waals surface area contributed by atoms with E-state index in [2.05, 4.69) is 10.3 Å². The lowest BCUT2D eigenvalue weighted by Gasteiger charge is -2.13. The highest BCUT2D eigenvalue weighted by molar-refractivity contribution is 5.80. The van der Waals surface area contributed by atoms with Crippen LogP contribution in [0.15, 0.2) is 53.3 Å². The van der Waals surface area contributed by atoms with Gasteiger partial charge in [-0.3, -0.25) is 19.0 Å². The zero-order chi connectivity index (χ0) is 21.8. The third-order valence-corrected chi connectivity index (χ3v) is 5.45. The summed E-state index contributed by atoms with van der Waals surface area (Å²) in [6.07, 6.45) is 2.24. The van der Waals surface area contributed by atoms with E-state index in [1.165, 1.54) is 0 Å². The summed E-state index contributed by atoms with van der Waals surface area (Å²) in [5, 5.41) is 3.34. The molecule has 0 saturated heterocycles. The van der Waals surface area contributed by atoms with Crippen molar-refractivity contribution < 1.29 is 14.3 Å². The molecule has 1 amide bonds. The molecule has 1 saturated carbocycles. The molecular weight excluding hydrogens is 394 g/mol. The number of carbonyl (C=O) groups excluding carboxylic acids is 2. The first-order valence-electron chi connectivity index (χ1n) is 10.5. The quantitative estimate of drug-likeness (QED) is 0.567. The maximum atomic E-state index is 12.9. The van der Waals surface area contributed by atoms with Crippen LogP contribution in [0.3, 0.4) is 0 Å². The van der Waals surface area contributed by atoms with Gasteiger partial charge in [-0.2, -0.15) is 0 Å². The number of benzene rings is 2. The molecule has 160 valence electrons. The Kier molecular flexibility index (Phi) is 6.11. The van der Waals surface area contributed by atoms with Crippen LogP contribution >= 0.6 is 0 Å². The van der Waals surface area contributed by atoms with E-state index in [1.54, 1.807) is 16.7 Å². The number of ether oxygens (including phenoxy) is 1. The maximum absolute atomic E-state index is 12.9. The highest BCUT2D eigenvalue weighted by Crippen LogP contribution is 2.34. The van der Waals surface area contributed by atoms with E-state index >= 15 is 0 Å². The van der Waals surface area contributed by atoms with Crippen LogP contribution in [-0.4, -0.2) is 28.0 Å². The number of rotatable bonds is 8. The molecular formula is C24H25N3O4. The topological polar surface area (TPSA) is 90.3 Å². The van der Waals surface area contributed by atoms with Crippen molar-refractivity contribution in [1.29, 1.82) is 0 Å². The van der Waals surface area contributed by atoms with Crippen molar-refractivity contribution in [2.75, 3.05) is 6.61 Å². The van der Waals surface area contributed by atoms with Crippen LogP contribution < -0.4 is 10.9 Å². The van der Waals surface area contributed by atoms with Crippen molar-refractivity contribution in [2.45, 2.75) is 45.2 Å². The van der Waals surface area contributed by atoms with Crippen LogP contribution in [0, 0.1) is 6.92 Å². The summed E-state index contributed by atoms with van der Waals surface area (Å²) in [5.74, 6) is -0.252. The second-order valence-electron chi connectivity index (χ2n) is 7.82. The number of hydrogen-bond donors (Lipinski definition) is 1. The van der Waals surface area contributed by atoms with Gasteiger partial charge in [-0.1, -0.05) is 36.4 Å². The molecule has 1 heterocycles. The largest absolute Gasteiger partial charge is 0.456 e. The van der Waals surface area contributed by atoms with Crippen molar-refractivity contribution in [1.82, 2.24) is 14.9 Å². The SMILES string of the molecule is Cc1ccccc1CNC(=O)COC(=O)CCc1nc2ccccc2c(=O)n1C1CC1. The van der Waals surface area contributed by atoms with Gasteiger partial charge in [0.25, 0.3) is 11.5 Å². The van der Waals surface area contributed by atoms with Crippen molar-refractivity contribution in [2.24, 2.45) is 0 Å². The predicted octanol–water partition coefficient (Wildman–Crippen LogP) is 2.83. The number of nitrogens with zero attached hydrogens (tertiary/aromatic N) is 2. The lowest BCUT2D eigenvalue weighted by molar-refractivity contribution is -0.148. The average Bonchev–Trinajstić information content (AvgIpc) is 3.61. The molecule has 7 heteroatoms. The lowest BCUT2D eigenvalue weighted by Crippen LogP contribution is -2.29. The van der Waals surface area contributed by atoms with Crippen molar-refractivity contribution in [3.8, 4) is 0 Å². The minimum absolute atomic E-state index is 0.0581. The number of esters is 1. The van der Waals surface area contributed by atoms with Gasteiger partial charge in [-0.25, -0.2) is 4.98 Å². The standard InChI is InChI=1S/C24H25N3O4/c1-16-6-2-3-7-17(16)14-25-22(28)15-31-23(29)13-12-21-26-20-9-5-4-8-19(20)24(30)27(21)18-10-11-18/h2-9,18H,10-15H2,1H3,(H,25,28). The molecule has 4 rings (SSSR count). The maximum Gasteiger partial charge on any atom is 0.306 e. The predicted molar refractivity (Wildman–Crippen MR) is 117 cm³/mol. The van der Waals surface area contributed by atoms with Gasteiger partial charge in [-0.05, 0) is 43.0 Å². The molecule has 7 nitrogen and oxygen atoms in total. The third kappa shape index (κ3) is 4.99. The van der Waals surface area contributed by atoms with Gasteiger partial charge >= 0.3 is 5.97 Å². The number of carbonyl (C=O) groups is 2. The Bertz CT molecular complexity index is 1180. The van der Waals surface area contributed by atoms with Crippen LogP contribution in [0.4, 0.5) is 0 Å². The highest BCUT2D eigenvalue weighted by Gasteiger charge is 2.28.